The number of carbonyl (C=O) groups is 1. The second kappa shape index (κ2) is 5.45. The molecule has 0 saturated carbocycles. The van der Waals surface area contributed by atoms with E-state index in [-0.39, 0.29) is 10.8 Å². The van der Waals surface area contributed by atoms with Crippen molar-refractivity contribution in [1.29, 1.82) is 0 Å². The second-order valence-corrected chi connectivity index (χ2v) is 3.99. The Kier molecular flexibility index (Phi) is 3.72. The number of nitrogens with one attached hydrogen (secondary N) is 1. The van der Waals surface area contributed by atoms with Gasteiger partial charge in [-0.05, 0) is 24.3 Å². The summed E-state index contributed by atoms with van der Waals surface area (Å²) in [5.41, 5.74) is 0.227. The maximum absolute atomic E-state index is 11.8. The molecule has 1 amide bonds. The zero-order valence-corrected chi connectivity index (χ0v) is 10.3. The summed E-state index contributed by atoms with van der Waals surface area (Å²) in [6.07, 6.45) is 0. The third-order valence-corrected chi connectivity index (χ3v) is 2.51. The number of nitrogens with zero attached hydrogens (tertiary/aromatic N) is 2. The Bertz CT molecular complexity index is 628. The first-order valence-corrected chi connectivity index (χ1v) is 5.62. The van der Waals surface area contributed by atoms with E-state index >= 15 is 0 Å². The molecule has 6 nitrogen and oxygen atoms in total. The maximum atomic E-state index is 11.8. The number of carbonyl (C=O) groups excluding carboxylic acids is 1. The highest BCUT2D eigenvalue weighted by molar-refractivity contribution is 6.29. The average molecular weight is 278 g/mol. The highest BCUT2D eigenvalue weighted by Gasteiger charge is 2.10. The van der Waals surface area contributed by atoms with Crippen LogP contribution in [0.1, 0.15) is 10.4 Å². The summed E-state index contributed by atoms with van der Waals surface area (Å²) in [7, 11) is 0. The number of rotatable bonds is 3. The summed E-state index contributed by atoms with van der Waals surface area (Å²) >= 11 is 5.69. The Balaban J connectivity index is 2.14. The first-order valence-electron chi connectivity index (χ1n) is 5.24. The van der Waals surface area contributed by atoms with Gasteiger partial charge in [0.25, 0.3) is 11.6 Å². The van der Waals surface area contributed by atoms with Crippen LogP contribution >= 0.6 is 11.6 Å². The molecule has 0 spiro atoms. The molecular weight excluding hydrogens is 270 g/mol. The van der Waals surface area contributed by atoms with E-state index in [1.54, 1.807) is 18.2 Å². The summed E-state index contributed by atoms with van der Waals surface area (Å²) in [5.74, 6) is -0.0967. The number of halogens is 1. The van der Waals surface area contributed by atoms with Crippen LogP contribution in [0.3, 0.4) is 0 Å². The van der Waals surface area contributed by atoms with Gasteiger partial charge in [0.05, 0.1) is 4.92 Å². The number of non-ortho nitro benzene ring substituents is 1. The first kappa shape index (κ1) is 13.0. The fourth-order valence-electron chi connectivity index (χ4n) is 1.40. The van der Waals surface area contributed by atoms with Gasteiger partial charge < -0.3 is 5.32 Å². The maximum Gasteiger partial charge on any atom is 0.269 e. The number of benzene rings is 1. The van der Waals surface area contributed by atoms with E-state index in [1.165, 1.54) is 24.3 Å². The average Bonchev–Trinajstić information content (AvgIpc) is 2.39. The van der Waals surface area contributed by atoms with Crippen LogP contribution in [0.2, 0.25) is 5.15 Å². The molecular formula is C12H8ClN3O3. The molecule has 0 atom stereocenters. The minimum absolute atomic E-state index is 0.0718. The lowest BCUT2D eigenvalue weighted by Crippen LogP contribution is -2.12. The number of hydrogen-bond donors (Lipinski definition) is 1. The third kappa shape index (κ3) is 3.26. The Morgan fingerprint density at radius 3 is 2.47 bits per heavy atom. The predicted octanol–water partition coefficient (Wildman–Crippen LogP) is 2.90. The van der Waals surface area contributed by atoms with E-state index in [0.717, 1.165) is 0 Å². The van der Waals surface area contributed by atoms with Crippen molar-refractivity contribution in [2.24, 2.45) is 0 Å². The van der Waals surface area contributed by atoms with Crippen molar-refractivity contribution >= 4 is 29.0 Å². The highest BCUT2D eigenvalue weighted by atomic mass is 35.5. The molecule has 0 bridgehead atoms. The second-order valence-electron chi connectivity index (χ2n) is 3.60. The molecule has 96 valence electrons. The van der Waals surface area contributed by atoms with Crippen LogP contribution in [0, 0.1) is 10.1 Å². The quantitative estimate of drug-likeness (QED) is 0.531. The molecule has 1 aromatic heterocycles. The molecule has 0 radical (unpaired) electrons. The summed E-state index contributed by atoms with van der Waals surface area (Å²) in [6, 6.07) is 10.1. The standard InChI is InChI=1S/C12H8ClN3O3/c13-10-2-1-3-11(14-10)15-12(17)8-4-6-9(7-5-8)16(18)19/h1-7H,(H,14,15,17). The molecule has 1 aromatic carbocycles. The monoisotopic (exact) mass is 277 g/mol. The zero-order valence-electron chi connectivity index (χ0n) is 9.54. The summed E-state index contributed by atoms with van der Waals surface area (Å²) < 4.78 is 0. The molecule has 2 rings (SSSR count). The lowest BCUT2D eigenvalue weighted by molar-refractivity contribution is -0.384. The van der Waals surface area contributed by atoms with Gasteiger partial charge in [-0.25, -0.2) is 4.98 Å². The van der Waals surface area contributed by atoms with Gasteiger partial charge in [-0.15, -0.1) is 0 Å². The van der Waals surface area contributed by atoms with Crippen molar-refractivity contribution < 1.29 is 9.72 Å². The van der Waals surface area contributed by atoms with Gasteiger partial charge in [0.2, 0.25) is 0 Å². The van der Waals surface area contributed by atoms with Crippen LogP contribution in [0.4, 0.5) is 11.5 Å². The molecule has 0 aliphatic carbocycles. The number of anilines is 1. The molecule has 19 heavy (non-hydrogen) atoms. The Morgan fingerprint density at radius 1 is 1.21 bits per heavy atom. The van der Waals surface area contributed by atoms with Gasteiger partial charge in [-0.1, -0.05) is 17.7 Å². The number of nitro benzene ring substituents is 1. The lowest BCUT2D eigenvalue weighted by Gasteiger charge is -2.04. The molecule has 7 heteroatoms. The fraction of sp³-hybridized carbons (Fsp3) is 0. The predicted molar refractivity (Wildman–Crippen MR) is 70.3 cm³/mol. The van der Waals surface area contributed by atoms with E-state index in [1.807, 2.05) is 0 Å². The summed E-state index contributed by atoms with van der Waals surface area (Å²) in [5, 5.41) is 13.3. The van der Waals surface area contributed by atoms with Gasteiger partial charge in [0, 0.05) is 17.7 Å². The summed E-state index contributed by atoms with van der Waals surface area (Å²) in [6.45, 7) is 0. The van der Waals surface area contributed by atoms with Crippen molar-refractivity contribution in [3.63, 3.8) is 0 Å². The number of pyridine rings is 1. The lowest BCUT2D eigenvalue weighted by atomic mass is 10.2. The van der Waals surface area contributed by atoms with Crippen LogP contribution < -0.4 is 5.32 Å². The van der Waals surface area contributed by atoms with Crippen molar-refractivity contribution in [2.75, 3.05) is 5.32 Å². The van der Waals surface area contributed by atoms with E-state index in [0.29, 0.717) is 11.4 Å². The van der Waals surface area contributed by atoms with E-state index in [4.69, 9.17) is 11.6 Å². The topological polar surface area (TPSA) is 85.1 Å². The van der Waals surface area contributed by atoms with Crippen LogP contribution in [-0.4, -0.2) is 15.8 Å². The van der Waals surface area contributed by atoms with Crippen molar-refractivity contribution in [3.05, 3.63) is 63.3 Å². The SMILES string of the molecule is O=C(Nc1cccc(Cl)n1)c1ccc([N+](=O)[O-])cc1. The Hall–Kier alpha value is -2.47. The minimum Gasteiger partial charge on any atom is -0.307 e. The number of hydrogen-bond acceptors (Lipinski definition) is 4. The van der Waals surface area contributed by atoms with E-state index in [2.05, 4.69) is 10.3 Å². The van der Waals surface area contributed by atoms with Crippen LogP contribution in [0.25, 0.3) is 0 Å². The largest absolute Gasteiger partial charge is 0.307 e. The fourth-order valence-corrected chi connectivity index (χ4v) is 1.56. The first-order chi connectivity index (χ1) is 9.06. The number of nitro groups is 1. The molecule has 0 saturated heterocycles. The van der Waals surface area contributed by atoms with Crippen LogP contribution in [0.5, 0.6) is 0 Å². The Labute approximate surface area is 113 Å². The minimum atomic E-state index is -0.528. The van der Waals surface area contributed by atoms with Crippen LogP contribution in [0.15, 0.2) is 42.5 Å². The molecule has 0 unspecified atom stereocenters. The van der Waals surface area contributed by atoms with Gasteiger partial charge in [0.15, 0.2) is 0 Å². The molecule has 0 fully saturated rings. The smallest absolute Gasteiger partial charge is 0.269 e. The van der Waals surface area contributed by atoms with Crippen molar-refractivity contribution in [2.45, 2.75) is 0 Å². The van der Waals surface area contributed by atoms with E-state index in [9.17, 15) is 14.9 Å². The summed E-state index contributed by atoms with van der Waals surface area (Å²) in [4.78, 5) is 25.7. The van der Waals surface area contributed by atoms with Crippen molar-refractivity contribution in [1.82, 2.24) is 4.98 Å². The highest BCUT2D eigenvalue weighted by Crippen LogP contribution is 2.14. The Morgan fingerprint density at radius 2 is 1.89 bits per heavy atom. The van der Waals surface area contributed by atoms with Gasteiger partial charge in [0.1, 0.15) is 11.0 Å². The van der Waals surface area contributed by atoms with Gasteiger partial charge in [-0.3, -0.25) is 14.9 Å². The number of amides is 1. The van der Waals surface area contributed by atoms with Crippen molar-refractivity contribution in [3.8, 4) is 0 Å². The molecule has 0 aliphatic heterocycles. The third-order valence-electron chi connectivity index (χ3n) is 2.30. The molecule has 1 heterocycles. The molecule has 2 aromatic rings. The molecule has 0 aliphatic rings. The van der Waals surface area contributed by atoms with Crippen LogP contribution in [-0.2, 0) is 0 Å². The van der Waals surface area contributed by atoms with E-state index < -0.39 is 10.8 Å². The molecule has 1 N–H and O–H groups in total. The normalized spacial score (nSPS) is 9.95. The zero-order chi connectivity index (χ0) is 13.8. The van der Waals surface area contributed by atoms with Gasteiger partial charge in [-0.2, -0.15) is 0 Å². The number of aromatic nitrogens is 1. The van der Waals surface area contributed by atoms with Gasteiger partial charge >= 0.3 is 0 Å².